The van der Waals surface area contributed by atoms with E-state index in [4.69, 9.17) is 23.2 Å². The van der Waals surface area contributed by atoms with Crippen LogP contribution in [-0.2, 0) is 0 Å². The standard InChI is InChI=1S/C5H8Cl2F4N2/c1-5(7,13(10)11)4(2-3-6)12(8)9/h4H,2-3H2,1H3. The van der Waals surface area contributed by atoms with E-state index >= 15 is 0 Å². The maximum atomic E-state index is 12.1. The first-order chi connectivity index (χ1) is 5.84. The van der Waals surface area contributed by atoms with Crippen LogP contribution in [-0.4, -0.2) is 27.6 Å². The first-order valence-electron chi connectivity index (χ1n) is 3.31. The molecule has 0 radical (unpaired) electrons. The molecule has 0 rings (SSSR count). The third-order valence-corrected chi connectivity index (χ3v) is 2.15. The van der Waals surface area contributed by atoms with Gasteiger partial charge in [0.1, 0.15) is 6.04 Å². The highest BCUT2D eigenvalue weighted by atomic mass is 35.5. The number of alkyl halides is 2. The average Bonchev–Trinajstić information content (AvgIpc) is 1.98. The van der Waals surface area contributed by atoms with Crippen LogP contribution in [0.1, 0.15) is 13.3 Å². The predicted octanol–water partition coefficient (Wildman–Crippen LogP) is 3.08. The molecule has 0 aromatic rings. The zero-order valence-corrected chi connectivity index (χ0v) is 8.17. The van der Waals surface area contributed by atoms with E-state index < -0.39 is 21.7 Å². The van der Waals surface area contributed by atoms with E-state index in [1.165, 1.54) is 0 Å². The van der Waals surface area contributed by atoms with Crippen LogP contribution in [0.25, 0.3) is 0 Å². The molecule has 0 aliphatic heterocycles. The van der Waals surface area contributed by atoms with E-state index in [1.807, 2.05) is 0 Å². The normalized spacial score (nSPS) is 19.2. The molecule has 8 heteroatoms. The molecule has 0 fully saturated rings. The maximum Gasteiger partial charge on any atom is 0.175 e. The van der Waals surface area contributed by atoms with Crippen molar-refractivity contribution in [3.8, 4) is 0 Å². The topological polar surface area (TPSA) is 6.48 Å². The van der Waals surface area contributed by atoms with Crippen LogP contribution in [0.5, 0.6) is 0 Å². The maximum absolute atomic E-state index is 12.1. The Morgan fingerprint density at radius 2 is 1.77 bits per heavy atom. The van der Waals surface area contributed by atoms with E-state index in [2.05, 4.69) is 0 Å². The first-order valence-corrected chi connectivity index (χ1v) is 4.22. The van der Waals surface area contributed by atoms with E-state index in [0.29, 0.717) is 0 Å². The Hall–Kier alpha value is 0.220. The second-order valence-electron chi connectivity index (χ2n) is 2.51. The summed E-state index contributed by atoms with van der Waals surface area (Å²) in [5.41, 5.74) is 0. The smallest absolute Gasteiger partial charge is 0.127 e. The molecule has 0 N–H and O–H groups in total. The van der Waals surface area contributed by atoms with Gasteiger partial charge in [-0.3, -0.25) is 0 Å². The average molecular weight is 243 g/mol. The zero-order chi connectivity index (χ0) is 10.6. The van der Waals surface area contributed by atoms with Crippen LogP contribution in [0.2, 0.25) is 0 Å². The van der Waals surface area contributed by atoms with Crippen molar-refractivity contribution in [2.75, 3.05) is 5.88 Å². The van der Waals surface area contributed by atoms with E-state index in [1.54, 1.807) is 0 Å². The minimum atomic E-state index is -2.45. The van der Waals surface area contributed by atoms with Crippen molar-refractivity contribution in [1.82, 2.24) is 10.7 Å². The molecule has 0 aliphatic rings. The predicted molar refractivity (Wildman–Crippen MR) is 41.5 cm³/mol. The van der Waals surface area contributed by atoms with Gasteiger partial charge in [0.2, 0.25) is 0 Å². The van der Waals surface area contributed by atoms with Crippen molar-refractivity contribution in [3.63, 3.8) is 0 Å². The lowest BCUT2D eigenvalue weighted by Crippen LogP contribution is -2.48. The van der Waals surface area contributed by atoms with Gasteiger partial charge in [0.15, 0.2) is 5.00 Å². The Morgan fingerprint density at radius 1 is 1.31 bits per heavy atom. The number of hydrogen-bond donors (Lipinski definition) is 0. The fourth-order valence-electron chi connectivity index (χ4n) is 0.755. The fourth-order valence-corrected chi connectivity index (χ4v) is 1.14. The number of hydrogen-bond acceptors (Lipinski definition) is 2. The highest BCUT2D eigenvalue weighted by Gasteiger charge is 2.44. The van der Waals surface area contributed by atoms with Gasteiger partial charge in [0.25, 0.3) is 0 Å². The number of halogens is 6. The van der Waals surface area contributed by atoms with Crippen molar-refractivity contribution in [3.05, 3.63) is 0 Å². The lowest BCUT2D eigenvalue weighted by Gasteiger charge is -2.30. The van der Waals surface area contributed by atoms with Crippen LogP contribution < -0.4 is 0 Å². The Kier molecular flexibility index (Phi) is 5.28. The highest BCUT2D eigenvalue weighted by molar-refractivity contribution is 6.23. The molecule has 2 unspecified atom stereocenters. The van der Waals surface area contributed by atoms with Crippen LogP contribution >= 0.6 is 23.2 Å². The molecule has 0 spiro atoms. The second kappa shape index (κ2) is 5.19. The Labute approximate surface area is 82.7 Å². The fraction of sp³-hybridized carbons (Fsp3) is 1.00. The van der Waals surface area contributed by atoms with E-state index in [-0.39, 0.29) is 12.3 Å². The summed E-state index contributed by atoms with van der Waals surface area (Å²) in [7, 11) is 0. The van der Waals surface area contributed by atoms with Gasteiger partial charge in [-0.25, -0.2) is 0 Å². The highest BCUT2D eigenvalue weighted by Crippen LogP contribution is 2.31. The number of rotatable bonds is 5. The summed E-state index contributed by atoms with van der Waals surface area (Å²) in [6.45, 7) is 0.790. The van der Waals surface area contributed by atoms with Gasteiger partial charge in [0, 0.05) is 16.6 Å². The summed E-state index contributed by atoms with van der Waals surface area (Å²) in [5.74, 6) is -0.175. The molecule has 0 amide bonds. The first kappa shape index (κ1) is 13.2. The molecule has 2 nitrogen and oxygen atoms in total. The molecule has 13 heavy (non-hydrogen) atoms. The molecule has 2 atom stereocenters. The van der Waals surface area contributed by atoms with Crippen molar-refractivity contribution in [2.24, 2.45) is 0 Å². The molecular weight excluding hydrogens is 235 g/mol. The van der Waals surface area contributed by atoms with Crippen molar-refractivity contribution in [2.45, 2.75) is 24.4 Å². The molecule has 0 aromatic carbocycles. The monoisotopic (exact) mass is 242 g/mol. The molecule has 80 valence electrons. The van der Waals surface area contributed by atoms with Gasteiger partial charge in [-0.05, 0) is 13.3 Å². The summed E-state index contributed by atoms with van der Waals surface area (Å²) < 4.78 is 48.2. The third kappa shape index (κ3) is 3.46. The van der Waals surface area contributed by atoms with Crippen molar-refractivity contribution in [1.29, 1.82) is 0 Å². The largest absolute Gasteiger partial charge is 0.175 e. The van der Waals surface area contributed by atoms with Gasteiger partial charge < -0.3 is 0 Å². The molecule has 0 aromatic heterocycles. The van der Waals surface area contributed by atoms with Crippen molar-refractivity contribution < 1.29 is 17.9 Å². The number of nitrogens with zero attached hydrogens (tertiary/aromatic N) is 2. The Balaban J connectivity index is 4.51. The zero-order valence-electron chi connectivity index (χ0n) is 6.65. The van der Waals surface area contributed by atoms with Gasteiger partial charge in [-0.15, -0.1) is 20.6 Å². The molecule has 0 saturated carbocycles. The van der Waals surface area contributed by atoms with Gasteiger partial charge in [-0.2, -0.15) is 0 Å². The molecular formula is C5H8Cl2F4N2. The summed E-state index contributed by atoms with van der Waals surface area (Å²) in [6, 6.07) is -1.82. The SMILES string of the molecule is CC(Cl)(C(CCCl)N(F)F)N(F)F. The van der Waals surface area contributed by atoms with Crippen LogP contribution in [0.4, 0.5) is 17.9 Å². The molecule has 0 heterocycles. The van der Waals surface area contributed by atoms with Crippen LogP contribution in [0.15, 0.2) is 0 Å². The van der Waals surface area contributed by atoms with Crippen LogP contribution in [0, 0.1) is 0 Å². The summed E-state index contributed by atoms with van der Waals surface area (Å²) in [5, 5.41) is -2.82. The summed E-state index contributed by atoms with van der Waals surface area (Å²) in [6.07, 6.45) is -0.334. The molecule has 0 saturated heterocycles. The van der Waals surface area contributed by atoms with Gasteiger partial charge in [0.05, 0.1) is 0 Å². The molecule has 0 bridgehead atoms. The van der Waals surface area contributed by atoms with Crippen molar-refractivity contribution >= 4 is 23.2 Å². The quantitative estimate of drug-likeness (QED) is 0.317. The van der Waals surface area contributed by atoms with Gasteiger partial charge in [-0.1, -0.05) is 20.6 Å². The minimum absolute atomic E-state index is 0.175. The molecule has 0 aliphatic carbocycles. The summed E-state index contributed by atoms with van der Waals surface area (Å²) in [4.78, 5) is -2.45. The third-order valence-electron chi connectivity index (χ3n) is 1.56. The minimum Gasteiger partial charge on any atom is -0.127 e. The van der Waals surface area contributed by atoms with Gasteiger partial charge >= 0.3 is 0 Å². The van der Waals surface area contributed by atoms with E-state index in [0.717, 1.165) is 6.92 Å². The lowest BCUT2D eigenvalue weighted by molar-refractivity contribution is -0.267. The van der Waals surface area contributed by atoms with Crippen LogP contribution in [0.3, 0.4) is 0 Å². The summed E-state index contributed by atoms with van der Waals surface area (Å²) >= 11 is 10.4. The Morgan fingerprint density at radius 3 is 2.00 bits per heavy atom. The second-order valence-corrected chi connectivity index (χ2v) is 3.65. The lowest BCUT2D eigenvalue weighted by atomic mass is 10.1. The van der Waals surface area contributed by atoms with E-state index in [9.17, 15) is 17.9 Å². The Bertz CT molecular complexity index is 155.